The quantitative estimate of drug-likeness (QED) is 0.197. The van der Waals surface area contributed by atoms with Crippen LogP contribution in [0, 0.1) is 0 Å². The molecule has 3 aromatic rings. The van der Waals surface area contributed by atoms with Crippen LogP contribution in [0.25, 0.3) is 5.76 Å². The highest BCUT2D eigenvalue weighted by atomic mass is 16.5. The predicted octanol–water partition coefficient (Wildman–Crippen LogP) is 5.41. The lowest BCUT2D eigenvalue weighted by atomic mass is 9.85. The van der Waals surface area contributed by atoms with Crippen molar-refractivity contribution in [2.24, 2.45) is 0 Å². The Morgan fingerprint density at radius 2 is 1.46 bits per heavy atom. The number of methoxy groups -OCH3 is 3. The first-order valence-corrected chi connectivity index (χ1v) is 12.3. The first kappa shape index (κ1) is 27.4. The number of hydrogen-bond acceptors (Lipinski definition) is 7. The summed E-state index contributed by atoms with van der Waals surface area (Å²) < 4.78 is 15.8. The molecular formula is C31H31NO7. The minimum Gasteiger partial charge on any atom is -0.506 e. The number of ketones is 1. The predicted molar refractivity (Wildman–Crippen MR) is 147 cm³/mol. The van der Waals surface area contributed by atoms with Crippen molar-refractivity contribution in [3.8, 4) is 11.5 Å². The second-order valence-corrected chi connectivity index (χ2v) is 10.1. The molecule has 8 heteroatoms. The van der Waals surface area contributed by atoms with Gasteiger partial charge in [0.1, 0.15) is 22.8 Å². The second-order valence-electron chi connectivity index (χ2n) is 10.1. The lowest BCUT2D eigenvalue weighted by Crippen LogP contribution is -2.29. The molecule has 1 amide bonds. The number of carbonyl (C=O) groups excluding carboxylic acids is 3. The van der Waals surface area contributed by atoms with E-state index in [4.69, 9.17) is 14.2 Å². The van der Waals surface area contributed by atoms with Crippen molar-refractivity contribution in [2.45, 2.75) is 32.2 Å². The van der Waals surface area contributed by atoms with Gasteiger partial charge >= 0.3 is 5.97 Å². The zero-order valence-corrected chi connectivity index (χ0v) is 22.8. The van der Waals surface area contributed by atoms with Crippen LogP contribution in [0.3, 0.4) is 0 Å². The molecule has 39 heavy (non-hydrogen) atoms. The Balaban J connectivity index is 2.00. The lowest BCUT2D eigenvalue weighted by molar-refractivity contribution is -0.132. The third kappa shape index (κ3) is 4.97. The Labute approximate surface area is 227 Å². The monoisotopic (exact) mass is 529 g/mol. The zero-order valence-electron chi connectivity index (χ0n) is 22.8. The molecule has 0 spiro atoms. The van der Waals surface area contributed by atoms with Gasteiger partial charge in [-0.2, -0.15) is 0 Å². The third-order valence-electron chi connectivity index (χ3n) is 6.75. The van der Waals surface area contributed by atoms with Crippen molar-refractivity contribution in [3.05, 3.63) is 94.6 Å². The first-order valence-electron chi connectivity index (χ1n) is 12.3. The summed E-state index contributed by atoms with van der Waals surface area (Å²) in [6.07, 6.45) is 0. The molecule has 1 atom stereocenters. The number of ether oxygens (including phenoxy) is 3. The van der Waals surface area contributed by atoms with Crippen LogP contribution < -0.4 is 14.4 Å². The van der Waals surface area contributed by atoms with E-state index in [-0.39, 0.29) is 33.6 Å². The average Bonchev–Trinajstić information content (AvgIpc) is 3.21. The Morgan fingerprint density at radius 1 is 0.872 bits per heavy atom. The highest BCUT2D eigenvalue weighted by Gasteiger charge is 2.47. The molecule has 0 saturated carbocycles. The molecule has 1 aliphatic rings. The Morgan fingerprint density at radius 3 is 2.00 bits per heavy atom. The molecular weight excluding hydrogens is 498 g/mol. The number of esters is 1. The number of Topliss-reactive ketones (excluding diaryl/α,β-unsaturated/α-hetero) is 1. The van der Waals surface area contributed by atoms with Crippen molar-refractivity contribution < 1.29 is 33.7 Å². The van der Waals surface area contributed by atoms with Gasteiger partial charge in [0.15, 0.2) is 0 Å². The molecule has 0 aliphatic carbocycles. The number of amides is 1. The van der Waals surface area contributed by atoms with E-state index in [1.54, 1.807) is 36.4 Å². The van der Waals surface area contributed by atoms with E-state index in [1.807, 2.05) is 24.3 Å². The van der Waals surface area contributed by atoms with E-state index >= 15 is 0 Å². The first-order chi connectivity index (χ1) is 18.5. The molecule has 1 aliphatic heterocycles. The van der Waals surface area contributed by atoms with E-state index in [2.05, 4.69) is 20.8 Å². The summed E-state index contributed by atoms with van der Waals surface area (Å²) in [5.41, 5.74) is 2.07. The maximum absolute atomic E-state index is 13.6. The van der Waals surface area contributed by atoms with Crippen molar-refractivity contribution in [1.82, 2.24) is 0 Å². The number of aliphatic hydroxyl groups excluding tert-OH is 1. The molecule has 8 nitrogen and oxygen atoms in total. The average molecular weight is 530 g/mol. The number of anilines is 1. The van der Waals surface area contributed by atoms with Crippen molar-refractivity contribution in [3.63, 3.8) is 0 Å². The standard InChI is InChI=1S/C31H31NO7/c1-31(2,3)20-15-13-18(14-16-20)26-25(27(33)24-22(37-4)11-8-12-23(24)38-5)28(34)29(35)32(26)21-10-7-9-19(17-21)30(36)39-6/h7-17,26,33H,1-6H3/b27-25+. The van der Waals surface area contributed by atoms with Gasteiger partial charge in [0.25, 0.3) is 11.7 Å². The third-order valence-corrected chi connectivity index (χ3v) is 6.75. The van der Waals surface area contributed by atoms with Gasteiger partial charge in [-0.15, -0.1) is 0 Å². The summed E-state index contributed by atoms with van der Waals surface area (Å²) in [6, 6.07) is 17.7. The summed E-state index contributed by atoms with van der Waals surface area (Å²) >= 11 is 0. The Hall–Kier alpha value is -4.59. The number of rotatable bonds is 6. The van der Waals surface area contributed by atoms with Gasteiger partial charge in [-0.1, -0.05) is 57.2 Å². The van der Waals surface area contributed by atoms with Crippen LogP contribution in [0.1, 0.15) is 53.9 Å². The van der Waals surface area contributed by atoms with Gasteiger partial charge in [-0.25, -0.2) is 4.79 Å². The van der Waals surface area contributed by atoms with Gasteiger partial charge < -0.3 is 19.3 Å². The fraction of sp³-hybridized carbons (Fsp3) is 0.258. The van der Waals surface area contributed by atoms with Crippen LogP contribution >= 0.6 is 0 Å². The lowest BCUT2D eigenvalue weighted by Gasteiger charge is -2.27. The molecule has 1 saturated heterocycles. The minimum absolute atomic E-state index is 0.125. The van der Waals surface area contributed by atoms with E-state index in [1.165, 1.54) is 32.3 Å². The van der Waals surface area contributed by atoms with Crippen LogP contribution in [0.4, 0.5) is 5.69 Å². The van der Waals surface area contributed by atoms with Gasteiger partial charge in [0, 0.05) is 5.69 Å². The summed E-state index contributed by atoms with van der Waals surface area (Å²) in [6.45, 7) is 6.25. The van der Waals surface area contributed by atoms with Crippen LogP contribution in [0.15, 0.2) is 72.3 Å². The number of hydrogen-bond donors (Lipinski definition) is 1. The topological polar surface area (TPSA) is 102 Å². The molecule has 0 bridgehead atoms. The van der Waals surface area contributed by atoms with Crippen LogP contribution in [-0.2, 0) is 19.7 Å². The molecule has 1 fully saturated rings. The van der Waals surface area contributed by atoms with Crippen molar-refractivity contribution in [2.75, 3.05) is 26.2 Å². The number of carbonyl (C=O) groups is 3. The summed E-state index contributed by atoms with van der Waals surface area (Å²) in [7, 11) is 4.13. The van der Waals surface area contributed by atoms with Gasteiger partial charge in [0.05, 0.1) is 38.5 Å². The molecule has 0 radical (unpaired) electrons. The summed E-state index contributed by atoms with van der Waals surface area (Å²) in [4.78, 5) is 40.7. The molecule has 3 aromatic carbocycles. The van der Waals surface area contributed by atoms with E-state index < -0.39 is 29.5 Å². The molecule has 1 heterocycles. The highest BCUT2D eigenvalue weighted by Crippen LogP contribution is 2.45. The van der Waals surface area contributed by atoms with Gasteiger partial charge in [-0.05, 0) is 46.9 Å². The van der Waals surface area contributed by atoms with E-state index in [0.29, 0.717) is 11.3 Å². The zero-order chi connectivity index (χ0) is 28.5. The summed E-state index contributed by atoms with van der Waals surface area (Å²) in [5, 5.41) is 11.6. The SMILES string of the molecule is COC(=O)c1cccc(N2C(=O)C(=O)/C(=C(/O)c3c(OC)cccc3OC)C2c2ccc(C(C)(C)C)cc2)c1. The molecule has 1 N–H and O–H groups in total. The fourth-order valence-electron chi connectivity index (χ4n) is 4.70. The van der Waals surface area contributed by atoms with Crippen molar-refractivity contribution in [1.29, 1.82) is 0 Å². The maximum Gasteiger partial charge on any atom is 0.337 e. The van der Waals surface area contributed by atoms with Gasteiger partial charge in [-0.3, -0.25) is 14.5 Å². The van der Waals surface area contributed by atoms with Crippen LogP contribution in [0.2, 0.25) is 0 Å². The maximum atomic E-state index is 13.6. The number of nitrogens with zero attached hydrogens (tertiary/aromatic N) is 1. The fourth-order valence-corrected chi connectivity index (χ4v) is 4.70. The number of aliphatic hydroxyl groups is 1. The van der Waals surface area contributed by atoms with Crippen LogP contribution in [-0.4, -0.2) is 44.1 Å². The van der Waals surface area contributed by atoms with Crippen molar-refractivity contribution >= 4 is 29.1 Å². The largest absolute Gasteiger partial charge is 0.506 e. The summed E-state index contributed by atoms with van der Waals surface area (Å²) in [5.74, 6) is -2.20. The molecule has 202 valence electrons. The van der Waals surface area contributed by atoms with E-state index in [9.17, 15) is 19.5 Å². The molecule has 1 unspecified atom stereocenters. The second kappa shape index (κ2) is 10.6. The normalized spacial score (nSPS) is 16.8. The Kier molecular flexibility index (Phi) is 7.49. The molecule has 0 aromatic heterocycles. The van der Waals surface area contributed by atoms with E-state index in [0.717, 1.165) is 5.56 Å². The Bertz CT molecular complexity index is 1440. The smallest absolute Gasteiger partial charge is 0.337 e. The minimum atomic E-state index is -0.999. The molecule has 4 rings (SSSR count). The van der Waals surface area contributed by atoms with Gasteiger partial charge in [0.2, 0.25) is 0 Å². The number of benzene rings is 3. The highest BCUT2D eigenvalue weighted by molar-refractivity contribution is 6.51. The van der Waals surface area contributed by atoms with Crippen LogP contribution in [0.5, 0.6) is 11.5 Å².